The third-order valence-electron chi connectivity index (χ3n) is 1.41. The molecule has 1 heterocycles. The molecule has 0 aliphatic carbocycles. The van der Waals surface area contributed by atoms with E-state index in [4.69, 9.17) is 11.5 Å². The number of amides is 1. The lowest BCUT2D eigenvalue weighted by Crippen LogP contribution is -2.12. The van der Waals surface area contributed by atoms with Crippen molar-refractivity contribution in [3.05, 3.63) is 11.1 Å². The van der Waals surface area contributed by atoms with Gasteiger partial charge in [-0.05, 0) is 0 Å². The maximum Gasteiger partial charge on any atom is 0.217 e. The number of Topliss-reactive ketones (excluding diaryl/α,β-unsaturated/α-hetero) is 1. The minimum absolute atomic E-state index is 0.0518. The number of hydrogen-bond donors (Lipinski definition) is 2. The quantitative estimate of drug-likeness (QED) is 0.675. The van der Waals surface area contributed by atoms with E-state index in [-0.39, 0.29) is 18.6 Å². The molecule has 0 saturated carbocycles. The summed E-state index contributed by atoms with van der Waals surface area (Å²) in [4.78, 5) is 25.4. The van der Waals surface area contributed by atoms with Crippen LogP contribution in [0.25, 0.3) is 0 Å². The Hall–Kier alpha value is -1.43. The van der Waals surface area contributed by atoms with E-state index >= 15 is 0 Å². The average Bonchev–Trinajstić information content (AvgIpc) is 2.47. The van der Waals surface area contributed by atoms with Crippen LogP contribution in [0.2, 0.25) is 0 Å². The largest absolute Gasteiger partial charge is 0.375 e. The molecule has 0 aliphatic heterocycles. The van der Waals surface area contributed by atoms with Gasteiger partial charge in [-0.1, -0.05) is 0 Å². The lowest BCUT2D eigenvalue weighted by molar-refractivity contribution is -0.118. The van der Waals surface area contributed by atoms with Crippen molar-refractivity contribution >= 4 is 28.2 Å². The van der Waals surface area contributed by atoms with Gasteiger partial charge in [0.2, 0.25) is 5.91 Å². The van der Waals surface area contributed by atoms with Crippen LogP contribution in [-0.4, -0.2) is 16.7 Å². The van der Waals surface area contributed by atoms with Gasteiger partial charge < -0.3 is 11.5 Å². The number of aromatic nitrogens is 1. The monoisotopic (exact) mass is 199 g/mol. The van der Waals surface area contributed by atoms with Crippen LogP contribution >= 0.6 is 11.3 Å². The summed E-state index contributed by atoms with van der Waals surface area (Å²) >= 11 is 1.20. The number of primary amides is 1. The number of thiazole rings is 1. The predicted octanol–water partition coefficient (Wildman–Crippen LogP) is 0.173. The molecule has 5 nitrogen and oxygen atoms in total. The molecule has 0 unspecified atom stereocenters. The molecular weight excluding hydrogens is 190 g/mol. The van der Waals surface area contributed by atoms with E-state index in [1.54, 1.807) is 5.38 Å². The normalized spacial score (nSPS) is 9.85. The molecule has 1 rings (SSSR count). The van der Waals surface area contributed by atoms with Crippen molar-refractivity contribution in [3.8, 4) is 0 Å². The van der Waals surface area contributed by atoms with Gasteiger partial charge in [-0.25, -0.2) is 4.98 Å². The Morgan fingerprint density at radius 3 is 2.62 bits per heavy atom. The number of hydrogen-bond acceptors (Lipinski definition) is 5. The van der Waals surface area contributed by atoms with Gasteiger partial charge in [0.25, 0.3) is 0 Å². The van der Waals surface area contributed by atoms with E-state index in [1.807, 2.05) is 0 Å². The van der Waals surface area contributed by atoms with Crippen molar-refractivity contribution in [1.82, 2.24) is 4.98 Å². The number of rotatable bonds is 4. The first-order valence-electron chi connectivity index (χ1n) is 3.62. The molecule has 0 saturated heterocycles. The number of carbonyl (C=O) groups is 2. The van der Waals surface area contributed by atoms with Gasteiger partial charge in [0.15, 0.2) is 10.9 Å². The van der Waals surface area contributed by atoms with Crippen LogP contribution in [0.3, 0.4) is 0 Å². The van der Waals surface area contributed by atoms with E-state index in [2.05, 4.69) is 4.98 Å². The fraction of sp³-hybridized carbons (Fsp3) is 0.286. The third-order valence-corrected chi connectivity index (χ3v) is 2.08. The number of nitrogens with zero attached hydrogens (tertiary/aromatic N) is 1. The minimum Gasteiger partial charge on any atom is -0.375 e. The van der Waals surface area contributed by atoms with Gasteiger partial charge in [-0.2, -0.15) is 0 Å². The van der Waals surface area contributed by atoms with Crippen molar-refractivity contribution in [2.75, 3.05) is 5.73 Å². The number of carbonyl (C=O) groups excluding carboxylic acids is 2. The third kappa shape index (κ3) is 2.83. The molecule has 0 aliphatic rings. The zero-order chi connectivity index (χ0) is 9.84. The zero-order valence-electron chi connectivity index (χ0n) is 6.82. The number of anilines is 1. The Balaban J connectivity index is 2.54. The van der Waals surface area contributed by atoms with Gasteiger partial charge >= 0.3 is 0 Å². The van der Waals surface area contributed by atoms with Crippen LogP contribution in [0.5, 0.6) is 0 Å². The SMILES string of the molecule is NC(=O)CCC(=O)c1csc(N)n1. The summed E-state index contributed by atoms with van der Waals surface area (Å²) in [7, 11) is 0. The zero-order valence-corrected chi connectivity index (χ0v) is 7.63. The van der Waals surface area contributed by atoms with Gasteiger partial charge in [0.05, 0.1) is 0 Å². The Morgan fingerprint density at radius 2 is 2.15 bits per heavy atom. The second kappa shape index (κ2) is 3.99. The molecule has 4 N–H and O–H groups in total. The van der Waals surface area contributed by atoms with Crippen LogP contribution in [0.4, 0.5) is 5.13 Å². The second-order valence-corrected chi connectivity index (χ2v) is 3.35. The summed E-state index contributed by atoms with van der Waals surface area (Å²) in [6.45, 7) is 0. The maximum absolute atomic E-state index is 11.2. The minimum atomic E-state index is -0.489. The van der Waals surface area contributed by atoms with Crippen LogP contribution in [-0.2, 0) is 4.79 Å². The Bertz CT molecular complexity index is 334. The van der Waals surface area contributed by atoms with Crippen LogP contribution in [0, 0.1) is 0 Å². The fourth-order valence-electron chi connectivity index (χ4n) is 0.780. The molecule has 13 heavy (non-hydrogen) atoms. The van der Waals surface area contributed by atoms with E-state index in [0.29, 0.717) is 10.8 Å². The Labute approximate surface area is 78.8 Å². The summed E-state index contributed by atoms with van der Waals surface area (Å²) in [5, 5.41) is 1.92. The van der Waals surface area contributed by atoms with E-state index < -0.39 is 5.91 Å². The summed E-state index contributed by atoms with van der Waals surface area (Å²) in [6.07, 6.45) is 0.148. The van der Waals surface area contributed by atoms with Crippen molar-refractivity contribution in [3.63, 3.8) is 0 Å². The Morgan fingerprint density at radius 1 is 1.46 bits per heavy atom. The smallest absolute Gasteiger partial charge is 0.217 e. The van der Waals surface area contributed by atoms with Gasteiger partial charge in [0.1, 0.15) is 5.69 Å². The molecule has 70 valence electrons. The summed E-state index contributed by atoms with van der Waals surface area (Å²) in [6, 6.07) is 0. The molecule has 6 heteroatoms. The Kier molecular flexibility index (Phi) is 2.97. The highest BCUT2D eigenvalue weighted by atomic mass is 32.1. The van der Waals surface area contributed by atoms with Crippen molar-refractivity contribution in [1.29, 1.82) is 0 Å². The molecule has 1 aromatic heterocycles. The van der Waals surface area contributed by atoms with Crippen LogP contribution in [0.1, 0.15) is 23.3 Å². The average molecular weight is 199 g/mol. The highest BCUT2D eigenvalue weighted by molar-refractivity contribution is 7.13. The molecule has 1 amide bonds. The van der Waals surface area contributed by atoms with Gasteiger partial charge in [0, 0.05) is 18.2 Å². The lowest BCUT2D eigenvalue weighted by atomic mass is 10.2. The first kappa shape index (κ1) is 9.66. The van der Waals surface area contributed by atoms with Crippen molar-refractivity contribution in [2.45, 2.75) is 12.8 Å². The maximum atomic E-state index is 11.2. The first-order valence-corrected chi connectivity index (χ1v) is 4.50. The number of nitrogen functional groups attached to an aromatic ring is 1. The van der Waals surface area contributed by atoms with Crippen molar-refractivity contribution in [2.24, 2.45) is 5.73 Å². The molecule has 0 spiro atoms. The number of nitrogens with two attached hydrogens (primary N) is 2. The summed E-state index contributed by atoms with van der Waals surface area (Å²) in [5.74, 6) is -0.691. The summed E-state index contributed by atoms with van der Waals surface area (Å²) in [5.41, 5.74) is 10.5. The molecule has 0 fully saturated rings. The predicted molar refractivity (Wildman–Crippen MR) is 49.3 cm³/mol. The van der Waals surface area contributed by atoms with Crippen LogP contribution in [0.15, 0.2) is 5.38 Å². The molecule has 1 aromatic rings. The highest BCUT2D eigenvalue weighted by Crippen LogP contribution is 2.13. The molecule has 0 bridgehead atoms. The van der Waals surface area contributed by atoms with Gasteiger partial charge in [-0.15, -0.1) is 11.3 Å². The molecular formula is C7H9N3O2S. The van der Waals surface area contributed by atoms with E-state index in [1.165, 1.54) is 11.3 Å². The van der Waals surface area contributed by atoms with E-state index in [0.717, 1.165) is 0 Å². The molecule has 0 radical (unpaired) electrons. The van der Waals surface area contributed by atoms with Crippen LogP contribution < -0.4 is 11.5 Å². The van der Waals surface area contributed by atoms with Gasteiger partial charge in [-0.3, -0.25) is 9.59 Å². The fourth-order valence-corrected chi connectivity index (χ4v) is 1.35. The molecule has 0 aromatic carbocycles. The lowest BCUT2D eigenvalue weighted by Gasteiger charge is -1.92. The first-order chi connectivity index (χ1) is 6.09. The van der Waals surface area contributed by atoms with E-state index in [9.17, 15) is 9.59 Å². The van der Waals surface area contributed by atoms with Crippen molar-refractivity contribution < 1.29 is 9.59 Å². The highest BCUT2D eigenvalue weighted by Gasteiger charge is 2.10. The standard InChI is InChI=1S/C7H9N3O2S/c8-6(12)2-1-5(11)4-3-13-7(9)10-4/h3H,1-2H2,(H2,8,12)(H2,9,10). The molecule has 0 atom stereocenters. The summed E-state index contributed by atoms with van der Waals surface area (Å²) < 4.78 is 0. The second-order valence-electron chi connectivity index (χ2n) is 2.46. The number of ketones is 1. The topological polar surface area (TPSA) is 99.1 Å².